The van der Waals surface area contributed by atoms with E-state index in [0.717, 1.165) is 4.90 Å². The van der Waals surface area contributed by atoms with Crippen molar-refractivity contribution in [2.75, 3.05) is 13.1 Å². The third-order valence-electron chi connectivity index (χ3n) is 6.35. The summed E-state index contributed by atoms with van der Waals surface area (Å²) in [7, 11) is -0.781. The van der Waals surface area contributed by atoms with Gasteiger partial charge >= 0.3 is 19.4 Å². The number of ether oxygens (including phenoxy) is 2. The van der Waals surface area contributed by atoms with Crippen LogP contribution in [-0.2, 0) is 14.0 Å². The van der Waals surface area contributed by atoms with Gasteiger partial charge in [-0.15, -0.1) is 0 Å². The number of carbonyl (C=O) groups excluding carboxylic acids is 1. The predicted octanol–water partition coefficient (Wildman–Crippen LogP) is 4.18. The first kappa shape index (κ1) is 26.2. The molecule has 3 rings (SSSR count). The molecule has 0 aromatic heterocycles. The molecule has 1 unspecified atom stereocenters. The van der Waals surface area contributed by atoms with Gasteiger partial charge in [0, 0.05) is 13.0 Å². The van der Waals surface area contributed by atoms with E-state index < -0.39 is 54.8 Å². The molecule has 2 aliphatic rings. The summed E-state index contributed by atoms with van der Waals surface area (Å²) in [5.74, 6) is -0.230. The standard InChI is InChI=1S/C23H30BF3N2O5/c1-19(2,3)32-18(30)29-11-10-22(14-29,23(25,26)27)31-17-9-8-16(12-15(17)13-28)24-33-20(4,5)21(6,7)34-24/h8-9,12H,10-11,14H2,1-7H3. The van der Waals surface area contributed by atoms with E-state index in [2.05, 4.69) is 0 Å². The summed E-state index contributed by atoms with van der Waals surface area (Å²) in [5, 5.41) is 9.64. The number of halogens is 3. The SMILES string of the molecule is CC(C)(C)OC(=O)N1CCC(Oc2ccc(B3OC(C)(C)C(C)(C)O3)cc2C#N)(C(F)(F)F)C1. The summed E-state index contributed by atoms with van der Waals surface area (Å²) in [5.41, 5.74) is -4.35. The smallest absolute Gasteiger partial charge is 0.474 e. The van der Waals surface area contributed by atoms with E-state index in [1.54, 1.807) is 20.8 Å². The molecular formula is C23H30BF3N2O5. The zero-order chi connectivity index (χ0) is 25.7. The van der Waals surface area contributed by atoms with Crippen molar-refractivity contribution in [3.8, 4) is 11.8 Å². The number of amides is 1. The second kappa shape index (κ2) is 8.34. The first-order valence-corrected chi connectivity index (χ1v) is 11.0. The molecule has 0 aliphatic carbocycles. The number of hydrogen-bond acceptors (Lipinski definition) is 6. The lowest BCUT2D eigenvalue weighted by molar-refractivity contribution is -0.242. The zero-order valence-corrected chi connectivity index (χ0v) is 20.5. The molecule has 0 radical (unpaired) electrons. The van der Waals surface area contributed by atoms with Crippen LogP contribution < -0.4 is 10.2 Å². The van der Waals surface area contributed by atoms with Gasteiger partial charge in [-0.2, -0.15) is 18.4 Å². The summed E-state index contributed by atoms with van der Waals surface area (Å²) in [6, 6.07) is 6.13. The Morgan fingerprint density at radius 2 is 1.74 bits per heavy atom. The minimum absolute atomic E-state index is 0.0912. The van der Waals surface area contributed by atoms with E-state index in [0.29, 0.717) is 5.46 Å². The average molecular weight is 482 g/mol. The highest BCUT2D eigenvalue weighted by molar-refractivity contribution is 6.62. The molecular weight excluding hydrogens is 452 g/mol. The van der Waals surface area contributed by atoms with Crippen LogP contribution in [0.15, 0.2) is 18.2 Å². The van der Waals surface area contributed by atoms with E-state index >= 15 is 0 Å². The number of nitrogens with zero attached hydrogens (tertiary/aromatic N) is 2. The highest BCUT2D eigenvalue weighted by atomic mass is 19.4. The van der Waals surface area contributed by atoms with Gasteiger partial charge in [-0.25, -0.2) is 4.79 Å². The first-order chi connectivity index (χ1) is 15.4. The Kier molecular flexibility index (Phi) is 6.42. The highest BCUT2D eigenvalue weighted by Crippen LogP contribution is 2.43. The summed E-state index contributed by atoms with van der Waals surface area (Å²) in [6.07, 6.45) is -6.13. The maximum absolute atomic E-state index is 14.2. The molecule has 2 saturated heterocycles. The molecule has 1 amide bonds. The van der Waals surface area contributed by atoms with E-state index in [-0.39, 0.29) is 17.9 Å². The molecule has 11 heteroatoms. The van der Waals surface area contributed by atoms with E-state index in [1.165, 1.54) is 18.2 Å². The molecule has 0 saturated carbocycles. The molecule has 1 aromatic carbocycles. The quantitative estimate of drug-likeness (QED) is 0.602. The molecule has 0 spiro atoms. The van der Waals surface area contributed by atoms with Gasteiger partial charge in [0.2, 0.25) is 5.60 Å². The maximum Gasteiger partial charge on any atom is 0.494 e. The van der Waals surface area contributed by atoms with Crippen LogP contribution in [0.1, 0.15) is 60.5 Å². The van der Waals surface area contributed by atoms with Gasteiger partial charge in [0.1, 0.15) is 17.4 Å². The normalized spacial score (nSPS) is 24.1. The Morgan fingerprint density at radius 1 is 1.15 bits per heavy atom. The van der Waals surface area contributed by atoms with Gasteiger partial charge in [-0.05, 0) is 66.1 Å². The first-order valence-electron chi connectivity index (χ1n) is 11.0. The molecule has 0 bridgehead atoms. The third kappa shape index (κ3) is 4.98. The van der Waals surface area contributed by atoms with Crippen molar-refractivity contribution in [1.82, 2.24) is 4.90 Å². The number of hydrogen-bond donors (Lipinski definition) is 0. The molecule has 2 heterocycles. The zero-order valence-electron chi connectivity index (χ0n) is 20.5. The Bertz CT molecular complexity index is 984. The molecule has 1 aromatic rings. The van der Waals surface area contributed by atoms with E-state index in [4.69, 9.17) is 18.8 Å². The van der Waals surface area contributed by atoms with E-state index in [1.807, 2.05) is 33.8 Å². The van der Waals surface area contributed by atoms with Gasteiger partial charge in [0.15, 0.2) is 0 Å². The van der Waals surface area contributed by atoms with Gasteiger partial charge < -0.3 is 23.7 Å². The number of nitriles is 1. The lowest BCUT2D eigenvalue weighted by atomic mass is 9.78. The number of rotatable bonds is 3. The topological polar surface area (TPSA) is 81.0 Å². The second-order valence-electron chi connectivity index (χ2n) is 10.7. The number of carbonyl (C=O) groups is 1. The Hall–Kier alpha value is -2.45. The minimum Gasteiger partial charge on any atom is -0.474 e. The molecule has 186 valence electrons. The van der Waals surface area contributed by atoms with Crippen molar-refractivity contribution in [3.05, 3.63) is 23.8 Å². The van der Waals surface area contributed by atoms with Crippen molar-refractivity contribution in [2.45, 2.75) is 83.5 Å². The van der Waals surface area contributed by atoms with E-state index in [9.17, 15) is 23.2 Å². The summed E-state index contributed by atoms with van der Waals surface area (Å²) in [6.45, 7) is 11.5. The van der Waals surface area contributed by atoms with Gasteiger partial charge in [0.05, 0.1) is 23.3 Å². The fourth-order valence-corrected chi connectivity index (χ4v) is 3.70. The van der Waals surface area contributed by atoms with Crippen molar-refractivity contribution in [1.29, 1.82) is 5.26 Å². The number of benzene rings is 1. The van der Waals surface area contributed by atoms with Crippen molar-refractivity contribution < 1.29 is 36.7 Å². The average Bonchev–Trinajstić information content (AvgIpc) is 3.20. The lowest BCUT2D eigenvalue weighted by Gasteiger charge is -2.33. The van der Waals surface area contributed by atoms with Crippen molar-refractivity contribution >= 4 is 18.7 Å². The van der Waals surface area contributed by atoms with Crippen LogP contribution in [-0.4, -0.2) is 59.8 Å². The molecule has 0 N–H and O–H groups in total. The molecule has 2 aliphatic heterocycles. The van der Waals surface area contributed by atoms with Crippen LogP contribution >= 0.6 is 0 Å². The maximum atomic E-state index is 14.2. The Labute approximate surface area is 198 Å². The highest BCUT2D eigenvalue weighted by Gasteiger charge is 2.62. The molecule has 7 nitrogen and oxygen atoms in total. The Morgan fingerprint density at radius 3 is 2.24 bits per heavy atom. The van der Waals surface area contributed by atoms with Crippen molar-refractivity contribution in [3.63, 3.8) is 0 Å². The second-order valence-corrected chi connectivity index (χ2v) is 10.7. The molecule has 1 atom stereocenters. The van der Waals surface area contributed by atoms with Crippen LogP contribution in [0.4, 0.5) is 18.0 Å². The fourth-order valence-electron chi connectivity index (χ4n) is 3.70. The number of alkyl halides is 3. The van der Waals surface area contributed by atoms with Crippen LogP contribution in [0.5, 0.6) is 5.75 Å². The molecule has 2 fully saturated rings. The van der Waals surface area contributed by atoms with Crippen LogP contribution in [0, 0.1) is 11.3 Å². The third-order valence-corrected chi connectivity index (χ3v) is 6.35. The van der Waals surface area contributed by atoms with Gasteiger partial charge in [-0.1, -0.05) is 6.07 Å². The predicted molar refractivity (Wildman–Crippen MR) is 119 cm³/mol. The number of likely N-dealkylation sites (tertiary alicyclic amines) is 1. The van der Waals surface area contributed by atoms with Crippen molar-refractivity contribution in [2.24, 2.45) is 0 Å². The largest absolute Gasteiger partial charge is 0.494 e. The monoisotopic (exact) mass is 482 g/mol. The summed E-state index contributed by atoms with van der Waals surface area (Å²) < 4.78 is 65.2. The van der Waals surface area contributed by atoms with Gasteiger partial charge in [0.25, 0.3) is 0 Å². The minimum atomic E-state index is -4.79. The Balaban J connectivity index is 1.86. The molecule has 34 heavy (non-hydrogen) atoms. The lowest BCUT2D eigenvalue weighted by Crippen LogP contribution is -2.53. The van der Waals surface area contributed by atoms with Crippen LogP contribution in [0.25, 0.3) is 0 Å². The van der Waals surface area contributed by atoms with Crippen LogP contribution in [0.3, 0.4) is 0 Å². The summed E-state index contributed by atoms with van der Waals surface area (Å²) >= 11 is 0. The van der Waals surface area contributed by atoms with Crippen LogP contribution in [0.2, 0.25) is 0 Å². The fraction of sp³-hybridized carbons (Fsp3) is 0.652. The summed E-state index contributed by atoms with van der Waals surface area (Å²) in [4.78, 5) is 13.3. The van der Waals surface area contributed by atoms with Gasteiger partial charge in [-0.3, -0.25) is 0 Å².